The van der Waals surface area contributed by atoms with Crippen LogP contribution in [0.15, 0.2) is 42.5 Å². The summed E-state index contributed by atoms with van der Waals surface area (Å²) in [7, 11) is 1.50. The van der Waals surface area contributed by atoms with Gasteiger partial charge in [0.25, 0.3) is 5.91 Å². The normalized spacial score (nSPS) is 11.8. The number of benzene rings is 2. The number of nitrogens with one attached hydrogen (secondary N) is 2. The number of carbonyl (C=O) groups excluding carboxylic acids is 2. The van der Waals surface area contributed by atoms with Gasteiger partial charge in [0.05, 0.1) is 12.7 Å². The summed E-state index contributed by atoms with van der Waals surface area (Å²) < 4.78 is 5.22. The van der Waals surface area contributed by atoms with Crippen LogP contribution in [-0.4, -0.2) is 25.0 Å². The Bertz CT molecular complexity index is 805. The second-order valence-corrected chi connectivity index (χ2v) is 6.78. The van der Waals surface area contributed by atoms with Crippen molar-refractivity contribution in [3.8, 4) is 5.75 Å². The molecule has 6 heteroatoms. The first-order valence-electron chi connectivity index (χ1n) is 8.34. The van der Waals surface area contributed by atoms with E-state index in [1.807, 2.05) is 20.8 Å². The maximum Gasteiger partial charge on any atom is 0.255 e. The van der Waals surface area contributed by atoms with Crippen LogP contribution in [0.2, 0.25) is 5.02 Å². The lowest BCUT2D eigenvalue weighted by molar-refractivity contribution is -0.118. The fourth-order valence-corrected chi connectivity index (χ4v) is 2.79. The van der Waals surface area contributed by atoms with Crippen LogP contribution in [0, 0.1) is 12.8 Å². The van der Waals surface area contributed by atoms with Crippen molar-refractivity contribution in [1.29, 1.82) is 0 Å². The molecule has 0 spiro atoms. The summed E-state index contributed by atoms with van der Waals surface area (Å²) in [5, 5.41) is 6.26. The molecule has 2 aromatic carbocycles. The van der Waals surface area contributed by atoms with Crippen molar-refractivity contribution in [1.82, 2.24) is 5.32 Å². The number of hydrogen-bond donors (Lipinski definition) is 2. The van der Waals surface area contributed by atoms with Gasteiger partial charge >= 0.3 is 0 Å². The molecule has 2 rings (SSSR count). The highest BCUT2D eigenvalue weighted by Gasteiger charge is 2.26. The van der Waals surface area contributed by atoms with Crippen molar-refractivity contribution >= 4 is 29.1 Å². The smallest absolute Gasteiger partial charge is 0.255 e. The van der Waals surface area contributed by atoms with Gasteiger partial charge in [-0.3, -0.25) is 9.59 Å². The predicted octanol–water partition coefficient (Wildman–Crippen LogP) is 4.05. The molecule has 0 bridgehead atoms. The molecule has 2 amide bonds. The Morgan fingerprint density at radius 3 is 2.42 bits per heavy atom. The number of ether oxygens (including phenoxy) is 1. The maximum atomic E-state index is 12.7. The van der Waals surface area contributed by atoms with Crippen molar-refractivity contribution in [2.75, 3.05) is 12.4 Å². The van der Waals surface area contributed by atoms with Gasteiger partial charge in [-0.2, -0.15) is 0 Å². The SMILES string of the molecule is COc1ccccc1C(=O)N[C@H](C(=O)Nc1ccc(Cl)cc1C)C(C)C. The van der Waals surface area contributed by atoms with Gasteiger partial charge < -0.3 is 15.4 Å². The van der Waals surface area contributed by atoms with Crippen LogP contribution in [0.3, 0.4) is 0 Å². The first-order valence-corrected chi connectivity index (χ1v) is 8.72. The Morgan fingerprint density at radius 1 is 1.12 bits per heavy atom. The maximum absolute atomic E-state index is 12.7. The molecule has 138 valence electrons. The number of rotatable bonds is 6. The van der Waals surface area contributed by atoms with E-state index in [1.54, 1.807) is 42.5 Å². The van der Waals surface area contributed by atoms with Crippen LogP contribution in [0.4, 0.5) is 5.69 Å². The molecule has 2 aromatic rings. The molecule has 2 N–H and O–H groups in total. The molecule has 0 heterocycles. The summed E-state index contributed by atoms with van der Waals surface area (Å²) in [6, 6.07) is 11.4. The van der Waals surface area contributed by atoms with E-state index < -0.39 is 6.04 Å². The molecular weight excluding hydrogens is 352 g/mol. The van der Waals surface area contributed by atoms with Gasteiger partial charge in [0.15, 0.2) is 0 Å². The van der Waals surface area contributed by atoms with E-state index in [-0.39, 0.29) is 17.7 Å². The molecule has 0 saturated carbocycles. The monoisotopic (exact) mass is 374 g/mol. The van der Waals surface area contributed by atoms with Gasteiger partial charge in [0, 0.05) is 10.7 Å². The number of amides is 2. The molecule has 5 nitrogen and oxygen atoms in total. The number of halogens is 1. The Balaban J connectivity index is 2.17. The number of para-hydroxylation sites is 1. The number of carbonyl (C=O) groups is 2. The van der Waals surface area contributed by atoms with Crippen LogP contribution in [0.25, 0.3) is 0 Å². The topological polar surface area (TPSA) is 67.4 Å². The van der Waals surface area contributed by atoms with Crippen LogP contribution in [0.5, 0.6) is 5.75 Å². The minimum atomic E-state index is -0.692. The Morgan fingerprint density at radius 2 is 1.81 bits per heavy atom. The van der Waals surface area contributed by atoms with E-state index in [2.05, 4.69) is 10.6 Å². The number of aryl methyl sites for hydroxylation is 1. The van der Waals surface area contributed by atoms with E-state index in [9.17, 15) is 9.59 Å². The van der Waals surface area contributed by atoms with Crippen molar-refractivity contribution in [2.45, 2.75) is 26.8 Å². The van der Waals surface area contributed by atoms with Crippen molar-refractivity contribution in [3.05, 3.63) is 58.6 Å². The third-order valence-corrected chi connectivity index (χ3v) is 4.27. The van der Waals surface area contributed by atoms with E-state index in [0.29, 0.717) is 22.0 Å². The molecule has 0 aliphatic rings. The minimum absolute atomic E-state index is 0.0961. The van der Waals surface area contributed by atoms with E-state index in [4.69, 9.17) is 16.3 Å². The number of hydrogen-bond acceptors (Lipinski definition) is 3. The highest BCUT2D eigenvalue weighted by molar-refractivity contribution is 6.30. The highest BCUT2D eigenvalue weighted by atomic mass is 35.5. The van der Waals surface area contributed by atoms with Crippen LogP contribution < -0.4 is 15.4 Å². The van der Waals surface area contributed by atoms with Gasteiger partial charge in [-0.1, -0.05) is 37.6 Å². The molecule has 0 aliphatic heterocycles. The van der Waals surface area contributed by atoms with Crippen molar-refractivity contribution < 1.29 is 14.3 Å². The average Bonchev–Trinajstić information content (AvgIpc) is 2.61. The summed E-state index contributed by atoms with van der Waals surface area (Å²) >= 11 is 5.95. The average molecular weight is 375 g/mol. The van der Waals surface area contributed by atoms with Crippen LogP contribution >= 0.6 is 11.6 Å². The summed E-state index contributed by atoms with van der Waals surface area (Å²) in [5.41, 5.74) is 1.90. The fourth-order valence-electron chi connectivity index (χ4n) is 2.56. The summed E-state index contributed by atoms with van der Waals surface area (Å²) in [5.74, 6) is -0.277. The van der Waals surface area contributed by atoms with Crippen molar-refractivity contribution in [2.24, 2.45) is 5.92 Å². The highest BCUT2D eigenvalue weighted by Crippen LogP contribution is 2.21. The molecule has 0 saturated heterocycles. The van der Waals surface area contributed by atoms with Crippen LogP contribution in [-0.2, 0) is 4.79 Å². The molecular formula is C20H23ClN2O3. The zero-order valence-electron chi connectivity index (χ0n) is 15.3. The molecule has 0 aliphatic carbocycles. The molecule has 0 unspecified atom stereocenters. The van der Waals surface area contributed by atoms with Gasteiger partial charge in [-0.25, -0.2) is 0 Å². The third kappa shape index (κ3) is 4.76. The zero-order valence-corrected chi connectivity index (χ0v) is 16.1. The lowest BCUT2D eigenvalue weighted by atomic mass is 10.0. The standard InChI is InChI=1S/C20H23ClN2O3/c1-12(2)18(20(25)22-16-10-9-14(21)11-13(16)3)23-19(24)15-7-5-6-8-17(15)26-4/h5-12,18H,1-4H3,(H,22,25)(H,23,24)/t18-/m0/s1. The molecule has 0 fully saturated rings. The number of methoxy groups -OCH3 is 1. The Hall–Kier alpha value is -2.53. The van der Waals surface area contributed by atoms with E-state index in [0.717, 1.165) is 5.56 Å². The van der Waals surface area contributed by atoms with Crippen LogP contribution in [0.1, 0.15) is 29.8 Å². The summed E-state index contributed by atoms with van der Waals surface area (Å²) in [6.07, 6.45) is 0. The zero-order chi connectivity index (χ0) is 19.3. The van der Waals surface area contributed by atoms with Gasteiger partial charge in [0.2, 0.25) is 5.91 Å². The van der Waals surface area contributed by atoms with Gasteiger partial charge in [0.1, 0.15) is 11.8 Å². The van der Waals surface area contributed by atoms with Crippen molar-refractivity contribution in [3.63, 3.8) is 0 Å². The fraction of sp³-hybridized carbons (Fsp3) is 0.300. The Kier molecular flexibility index (Phi) is 6.64. The van der Waals surface area contributed by atoms with E-state index >= 15 is 0 Å². The van der Waals surface area contributed by atoms with Gasteiger partial charge in [-0.15, -0.1) is 0 Å². The molecule has 0 aromatic heterocycles. The predicted molar refractivity (Wildman–Crippen MR) is 104 cm³/mol. The first kappa shape index (κ1) is 19.8. The summed E-state index contributed by atoms with van der Waals surface area (Å²) in [6.45, 7) is 5.61. The largest absolute Gasteiger partial charge is 0.496 e. The Labute approximate surface area is 158 Å². The first-order chi connectivity index (χ1) is 12.3. The molecule has 26 heavy (non-hydrogen) atoms. The molecule has 1 atom stereocenters. The lowest BCUT2D eigenvalue weighted by Gasteiger charge is -2.22. The van der Waals surface area contributed by atoms with Gasteiger partial charge in [-0.05, 0) is 48.7 Å². The minimum Gasteiger partial charge on any atom is -0.496 e. The quantitative estimate of drug-likeness (QED) is 0.801. The second kappa shape index (κ2) is 8.72. The van der Waals surface area contributed by atoms with E-state index in [1.165, 1.54) is 7.11 Å². The third-order valence-electron chi connectivity index (χ3n) is 4.03. The lowest BCUT2D eigenvalue weighted by Crippen LogP contribution is -2.47. The molecule has 0 radical (unpaired) electrons. The number of anilines is 1. The summed E-state index contributed by atoms with van der Waals surface area (Å²) in [4.78, 5) is 25.3. The second-order valence-electron chi connectivity index (χ2n) is 6.34.